The van der Waals surface area contributed by atoms with Crippen molar-refractivity contribution in [3.63, 3.8) is 0 Å². The van der Waals surface area contributed by atoms with E-state index < -0.39 is 0 Å². The molecule has 2 heterocycles. The number of amides is 1. The van der Waals surface area contributed by atoms with E-state index in [0.29, 0.717) is 12.2 Å². The van der Waals surface area contributed by atoms with Crippen LogP contribution in [0.5, 0.6) is 0 Å². The van der Waals surface area contributed by atoms with E-state index in [1.54, 1.807) is 6.07 Å². The van der Waals surface area contributed by atoms with Gasteiger partial charge in [0.1, 0.15) is 11.6 Å². The van der Waals surface area contributed by atoms with E-state index in [4.69, 9.17) is 0 Å². The molecular formula is C14H14FN3OS. The highest BCUT2D eigenvalue weighted by Gasteiger charge is 2.30. The van der Waals surface area contributed by atoms with Crippen LogP contribution in [0.3, 0.4) is 0 Å². The number of hydrogen-bond donors (Lipinski definition) is 2. The molecule has 6 heteroatoms. The fourth-order valence-electron chi connectivity index (χ4n) is 2.34. The van der Waals surface area contributed by atoms with Crippen molar-refractivity contribution >= 4 is 28.2 Å². The number of carbonyl (C=O) groups is 1. The number of aromatic nitrogens is 1. The molecule has 1 aromatic carbocycles. The number of fused-ring (bicyclic) bond motifs is 1. The first-order valence-electron chi connectivity index (χ1n) is 6.47. The summed E-state index contributed by atoms with van der Waals surface area (Å²) in [7, 11) is 0. The minimum atomic E-state index is -0.286. The third kappa shape index (κ3) is 2.38. The molecule has 0 saturated carbocycles. The standard InChI is InChI=1S/C14H14FN3OS/c1-2-16-14-18-13-12(20-14)10(7-11(19)17-13)8-4-3-5-9(15)6-8/h3-6,10H,2,7H2,1H3,(H,16,18)(H,17,19)/t10-/m1/s1. The van der Waals surface area contributed by atoms with Gasteiger partial charge in [0.2, 0.25) is 5.91 Å². The molecule has 20 heavy (non-hydrogen) atoms. The van der Waals surface area contributed by atoms with E-state index in [2.05, 4.69) is 15.6 Å². The average molecular weight is 291 g/mol. The van der Waals surface area contributed by atoms with Gasteiger partial charge in [-0.25, -0.2) is 9.37 Å². The second kappa shape index (κ2) is 5.20. The molecule has 0 unspecified atom stereocenters. The fourth-order valence-corrected chi connectivity index (χ4v) is 3.46. The maximum atomic E-state index is 13.4. The van der Waals surface area contributed by atoms with Crippen molar-refractivity contribution in [3.8, 4) is 0 Å². The Morgan fingerprint density at radius 2 is 2.40 bits per heavy atom. The molecule has 104 valence electrons. The molecular weight excluding hydrogens is 277 g/mol. The second-order valence-electron chi connectivity index (χ2n) is 4.62. The topological polar surface area (TPSA) is 54.0 Å². The number of benzene rings is 1. The lowest BCUT2D eigenvalue weighted by molar-refractivity contribution is -0.116. The Morgan fingerprint density at radius 1 is 1.55 bits per heavy atom. The van der Waals surface area contributed by atoms with Gasteiger partial charge in [-0.3, -0.25) is 4.79 Å². The van der Waals surface area contributed by atoms with Crippen LogP contribution in [0.25, 0.3) is 0 Å². The van der Waals surface area contributed by atoms with Gasteiger partial charge in [0.05, 0.1) is 4.88 Å². The first-order chi connectivity index (χ1) is 9.67. The quantitative estimate of drug-likeness (QED) is 0.913. The molecule has 1 aromatic heterocycles. The van der Waals surface area contributed by atoms with Crippen LogP contribution in [-0.2, 0) is 4.79 Å². The van der Waals surface area contributed by atoms with Crippen LogP contribution in [0.1, 0.15) is 29.7 Å². The van der Waals surface area contributed by atoms with Gasteiger partial charge in [-0.1, -0.05) is 23.5 Å². The third-order valence-corrected chi connectivity index (χ3v) is 4.32. The van der Waals surface area contributed by atoms with Crippen molar-refractivity contribution in [2.45, 2.75) is 19.3 Å². The summed E-state index contributed by atoms with van der Waals surface area (Å²) in [5.74, 6) is 0.0994. The SMILES string of the molecule is CCNc1nc2c(s1)[C@@H](c1cccc(F)c1)CC(=O)N2. The van der Waals surface area contributed by atoms with Crippen LogP contribution in [0.2, 0.25) is 0 Å². The zero-order valence-electron chi connectivity index (χ0n) is 10.9. The van der Waals surface area contributed by atoms with Gasteiger partial charge < -0.3 is 10.6 Å². The van der Waals surface area contributed by atoms with Gasteiger partial charge in [-0.05, 0) is 24.6 Å². The number of carbonyl (C=O) groups excluding carboxylic acids is 1. The molecule has 0 saturated heterocycles. The normalized spacial score (nSPS) is 17.5. The summed E-state index contributed by atoms with van der Waals surface area (Å²) in [6, 6.07) is 6.41. The van der Waals surface area contributed by atoms with Crippen molar-refractivity contribution < 1.29 is 9.18 Å². The summed E-state index contributed by atoms with van der Waals surface area (Å²) >= 11 is 1.51. The molecule has 2 N–H and O–H groups in total. The van der Waals surface area contributed by atoms with E-state index in [0.717, 1.165) is 22.1 Å². The smallest absolute Gasteiger partial charge is 0.226 e. The average Bonchev–Trinajstić information content (AvgIpc) is 2.80. The van der Waals surface area contributed by atoms with Gasteiger partial charge in [0.15, 0.2) is 5.13 Å². The molecule has 0 fully saturated rings. The Morgan fingerprint density at radius 3 is 3.15 bits per heavy atom. The Kier molecular flexibility index (Phi) is 3.40. The van der Waals surface area contributed by atoms with Crippen molar-refractivity contribution in [3.05, 3.63) is 40.5 Å². The van der Waals surface area contributed by atoms with Crippen LogP contribution in [0.15, 0.2) is 24.3 Å². The minimum Gasteiger partial charge on any atom is -0.362 e. The minimum absolute atomic E-state index is 0.0832. The van der Waals surface area contributed by atoms with Crippen molar-refractivity contribution in [2.75, 3.05) is 17.2 Å². The summed E-state index contributed by atoms with van der Waals surface area (Å²) in [4.78, 5) is 17.1. The van der Waals surface area contributed by atoms with Crippen LogP contribution in [0, 0.1) is 5.82 Å². The van der Waals surface area contributed by atoms with Crippen LogP contribution < -0.4 is 10.6 Å². The van der Waals surface area contributed by atoms with E-state index in [1.165, 1.54) is 23.5 Å². The summed E-state index contributed by atoms with van der Waals surface area (Å²) in [5, 5.41) is 6.70. The predicted molar refractivity (Wildman–Crippen MR) is 77.8 cm³/mol. The second-order valence-corrected chi connectivity index (χ2v) is 5.65. The molecule has 0 spiro atoms. The third-order valence-electron chi connectivity index (χ3n) is 3.20. The molecule has 0 radical (unpaired) electrons. The molecule has 1 amide bonds. The number of halogens is 1. The Hall–Kier alpha value is -1.95. The van der Waals surface area contributed by atoms with Gasteiger partial charge in [0, 0.05) is 18.9 Å². The highest BCUT2D eigenvalue weighted by Crippen LogP contribution is 2.42. The molecule has 1 atom stereocenters. The molecule has 4 nitrogen and oxygen atoms in total. The molecule has 3 rings (SSSR count). The number of anilines is 2. The number of nitrogens with one attached hydrogen (secondary N) is 2. The van der Waals surface area contributed by atoms with Gasteiger partial charge >= 0.3 is 0 Å². The van der Waals surface area contributed by atoms with E-state index in [1.807, 2.05) is 13.0 Å². The Balaban J connectivity index is 2.03. The zero-order chi connectivity index (χ0) is 14.1. The summed E-state index contributed by atoms with van der Waals surface area (Å²) in [5.41, 5.74) is 0.813. The van der Waals surface area contributed by atoms with E-state index in [9.17, 15) is 9.18 Å². The van der Waals surface area contributed by atoms with E-state index >= 15 is 0 Å². The lowest BCUT2D eigenvalue weighted by Crippen LogP contribution is -2.22. The largest absolute Gasteiger partial charge is 0.362 e. The van der Waals surface area contributed by atoms with E-state index in [-0.39, 0.29) is 17.6 Å². The summed E-state index contributed by atoms with van der Waals surface area (Å²) in [6.45, 7) is 2.76. The summed E-state index contributed by atoms with van der Waals surface area (Å²) < 4.78 is 13.4. The van der Waals surface area contributed by atoms with Crippen molar-refractivity contribution in [1.29, 1.82) is 0 Å². The van der Waals surface area contributed by atoms with Crippen LogP contribution >= 0.6 is 11.3 Å². The summed E-state index contributed by atoms with van der Waals surface area (Å²) in [6.07, 6.45) is 0.324. The Labute approximate surface area is 120 Å². The Bertz CT molecular complexity index is 656. The molecule has 1 aliphatic heterocycles. The van der Waals surface area contributed by atoms with Crippen molar-refractivity contribution in [2.24, 2.45) is 0 Å². The fraction of sp³-hybridized carbons (Fsp3) is 0.286. The number of thiazole rings is 1. The molecule has 2 aromatic rings. The lowest BCUT2D eigenvalue weighted by atomic mass is 9.91. The molecule has 1 aliphatic rings. The van der Waals surface area contributed by atoms with Crippen LogP contribution in [0.4, 0.5) is 15.3 Å². The zero-order valence-corrected chi connectivity index (χ0v) is 11.8. The number of rotatable bonds is 3. The van der Waals surface area contributed by atoms with Crippen molar-refractivity contribution in [1.82, 2.24) is 4.98 Å². The first-order valence-corrected chi connectivity index (χ1v) is 7.29. The van der Waals surface area contributed by atoms with Gasteiger partial charge in [-0.15, -0.1) is 0 Å². The number of hydrogen-bond acceptors (Lipinski definition) is 4. The van der Waals surface area contributed by atoms with Gasteiger partial charge in [0.25, 0.3) is 0 Å². The first kappa shape index (κ1) is 13.1. The van der Waals surface area contributed by atoms with Crippen LogP contribution in [-0.4, -0.2) is 17.4 Å². The highest BCUT2D eigenvalue weighted by atomic mass is 32.1. The molecule has 0 bridgehead atoms. The maximum Gasteiger partial charge on any atom is 0.226 e. The lowest BCUT2D eigenvalue weighted by Gasteiger charge is -2.21. The highest BCUT2D eigenvalue weighted by molar-refractivity contribution is 7.16. The number of nitrogens with zero attached hydrogens (tertiary/aromatic N) is 1. The molecule has 0 aliphatic carbocycles. The monoisotopic (exact) mass is 291 g/mol. The maximum absolute atomic E-state index is 13.4. The van der Waals surface area contributed by atoms with Gasteiger partial charge in [-0.2, -0.15) is 0 Å². The predicted octanol–water partition coefficient (Wildman–Crippen LogP) is 3.19.